The van der Waals surface area contributed by atoms with Gasteiger partial charge in [-0.2, -0.15) is 4.98 Å². The van der Waals surface area contributed by atoms with Crippen molar-refractivity contribution in [1.29, 1.82) is 0 Å². The van der Waals surface area contributed by atoms with Gasteiger partial charge in [-0.15, -0.1) is 5.10 Å². The molecule has 5 rings (SSSR count). The van der Waals surface area contributed by atoms with Gasteiger partial charge in [-0.3, -0.25) is 9.59 Å². The number of aromatic nitrogens is 4. The van der Waals surface area contributed by atoms with Gasteiger partial charge < -0.3 is 15.3 Å². The summed E-state index contributed by atoms with van der Waals surface area (Å²) >= 11 is 0. The van der Waals surface area contributed by atoms with Gasteiger partial charge in [0.15, 0.2) is 0 Å². The van der Waals surface area contributed by atoms with Gasteiger partial charge in [0.25, 0.3) is 17.6 Å². The van der Waals surface area contributed by atoms with E-state index in [0.717, 1.165) is 22.4 Å². The Morgan fingerprint density at radius 1 is 1.12 bits per heavy atom. The van der Waals surface area contributed by atoms with E-state index in [2.05, 4.69) is 20.4 Å². The molecule has 1 aliphatic rings. The molecule has 0 radical (unpaired) electrons. The summed E-state index contributed by atoms with van der Waals surface area (Å²) in [4.78, 5) is 36.4. The number of nitrogens with one attached hydrogen (secondary N) is 1. The molecule has 172 valence electrons. The summed E-state index contributed by atoms with van der Waals surface area (Å²) in [6, 6.07) is 14.3. The molecule has 3 heterocycles. The molecule has 0 aliphatic carbocycles. The number of aromatic hydroxyl groups is 1. The highest BCUT2D eigenvalue weighted by atomic mass is 16.3. The number of phenolic OH excluding ortho intramolecular Hbond substituents is 1. The van der Waals surface area contributed by atoms with Crippen LogP contribution in [0.2, 0.25) is 0 Å². The van der Waals surface area contributed by atoms with Gasteiger partial charge in [-0.1, -0.05) is 24.3 Å². The number of phenols is 1. The molecule has 2 aromatic heterocycles. The molecule has 0 saturated carbocycles. The van der Waals surface area contributed by atoms with Gasteiger partial charge >= 0.3 is 0 Å². The molecule has 9 nitrogen and oxygen atoms in total. The van der Waals surface area contributed by atoms with E-state index in [1.807, 2.05) is 38.1 Å². The van der Waals surface area contributed by atoms with E-state index in [0.29, 0.717) is 24.3 Å². The Kier molecular flexibility index (Phi) is 5.45. The van der Waals surface area contributed by atoms with E-state index in [-0.39, 0.29) is 30.1 Å². The Labute approximate surface area is 196 Å². The number of amides is 2. The van der Waals surface area contributed by atoms with Crippen LogP contribution in [0, 0.1) is 13.8 Å². The first-order valence-corrected chi connectivity index (χ1v) is 11.0. The summed E-state index contributed by atoms with van der Waals surface area (Å²) in [6.07, 6.45) is 2.21. The van der Waals surface area contributed by atoms with Gasteiger partial charge in [-0.25, -0.2) is 9.50 Å². The van der Waals surface area contributed by atoms with E-state index in [9.17, 15) is 14.7 Å². The SMILES string of the molecule is Cc1cc(O)cc(C(=O)N2Cc3ccccc3CC2CNC(=O)c2nc3nccc(C)n3n2)c1. The number of hydrogen-bond donors (Lipinski definition) is 2. The fourth-order valence-corrected chi connectivity index (χ4v) is 4.35. The fourth-order valence-electron chi connectivity index (χ4n) is 4.35. The third kappa shape index (κ3) is 4.07. The zero-order valence-electron chi connectivity index (χ0n) is 18.9. The van der Waals surface area contributed by atoms with Crippen LogP contribution >= 0.6 is 0 Å². The Morgan fingerprint density at radius 3 is 2.68 bits per heavy atom. The van der Waals surface area contributed by atoms with Crippen molar-refractivity contribution in [2.24, 2.45) is 0 Å². The van der Waals surface area contributed by atoms with E-state index in [4.69, 9.17) is 0 Å². The van der Waals surface area contributed by atoms with Crippen molar-refractivity contribution >= 4 is 17.6 Å². The molecule has 2 N–H and O–H groups in total. The first-order chi connectivity index (χ1) is 16.4. The van der Waals surface area contributed by atoms with Crippen molar-refractivity contribution in [3.05, 3.63) is 88.5 Å². The molecule has 0 bridgehead atoms. The number of benzene rings is 2. The minimum Gasteiger partial charge on any atom is -0.508 e. The number of aryl methyl sites for hydroxylation is 2. The summed E-state index contributed by atoms with van der Waals surface area (Å²) in [5.41, 5.74) is 4.24. The van der Waals surface area contributed by atoms with Crippen LogP contribution in [-0.2, 0) is 13.0 Å². The van der Waals surface area contributed by atoms with Gasteiger partial charge in [0.1, 0.15) is 5.75 Å². The second kappa shape index (κ2) is 8.58. The Hall–Kier alpha value is -4.27. The van der Waals surface area contributed by atoms with Crippen molar-refractivity contribution in [3.8, 4) is 5.75 Å². The van der Waals surface area contributed by atoms with Crippen LogP contribution in [0.5, 0.6) is 5.75 Å². The molecule has 0 spiro atoms. The third-order valence-corrected chi connectivity index (χ3v) is 6.06. The van der Waals surface area contributed by atoms with Crippen LogP contribution in [-0.4, -0.2) is 54.0 Å². The van der Waals surface area contributed by atoms with Gasteiger partial charge in [0.05, 0.1) is 6.04 Å². The largest absolute Gasteiger partial charge is 0.508 e. The zero-order chi connectivity index (χ0) is 23.8. The summed E-state index contributed by atoms with van der Waals surface area (Å²) in [5.74, 6) is -0.192. The molecular formula is C25H24N6O3. The molecule has 0 saturated heterocycles. The van der Waals surface area contributed by atoms with Gasteiger partial charge in [-0.05, 0) is 61.2 Å². The van der Waals surface area contributed by atoms with Crippen LogP contribution in [0.3, 0.4) is 0 Å². The Balaban J connectivity index is 1.39. The van der Waals surface area contributed by atoms with E-state index < -0.39 is 5.91 Å². The van der Waals surface area contributed by atoms with Gasteiger partial charge in [0.2, 0.25) is 5.82 Å². The van der Waals surface area contributed by atoms with Crippen molar-refractivity contribution in [2.45, 2.75) is 32.9 Å². The van der Waals surface area contributed by atoms with Crippen LogP contribution < -0.4 is 5.32 Å². The average molecular weight is 457 g/mol. The second-order valence-electron chi connectivity index (χ2n) is 8.56. The van der Waals surface area contributed by atoms with Crippen molar-refractivity contribution in [2.75, 3.05) is 6.54 Å². The van der Waals surface area contributed by atoms with Crippen LogP contribution in [0.4, 0.5) is 0 Å². The first-order valence-electron chi connectivity index (χ1n) is 11.0. The summed E-state index contributed by atoms with van der Waals surface area (Å²) in [6.45, 7) is 4.34. The smallest absolute Gasteiger partial charge is 0.291 e. The molecule has 2 amide bonds. The predicted octanol–water partition coefficient (Wildman–Crippen LogP) is 2.44. The van der Waals surface area contributed by atoms with Crippen molar-refractivity contribution < 1.29 is 14.7 Å². The van der Waals surface area contributed by atoms with Crippen LogP contribution in [0.15, 0.2) is 54.7 Å². The van der Waals surface area contributed by atoms with E-state index in [1.54, 1.807) is 29.3 Å². The highest BCUT2D eigenvalue weighted by Gasteiger charge is 2.31. The molecule has 1 unspecified atom stereocenters. The Morgan fingerprint density at radius 2 is 1.91 bits per heavy atom. The van der Waals surface area contributed by atoms with Crippen LogP contribution in [0.25, 0.3) is 5.78 Å². The van der Waals surface area contributed by atoms with Gasteiger partial charge in [0, 0.05) is 30.5 Å². The molecule has 2 aromatic carbocycles. The third-order valence-electron chi connectivity index (χ3n) is 6.06. The fraction of sp³-hybridized carbons (Fsp3) is 0.240. The molecule has 0 fully saturated rings. The lowest BCUT2D eigenvalue weighted by Crippen LogP contribution is -2.50. The quantitative estimate of drug-likeness (QED) is 0.488. The molecule has 1 aliphatic heterocycles. The molecule has 1 atom stereocenters. The highest BCUT2D eigenvalue weighted by molar-refractivity contribution is 5.95. The second-order valence-corrected chi connectivity index (χ2v) is 8.56. The molecular weight excluding hydrogens is 432 g/mol. The normalized spacial score (nSPS) is 15.2. The lowest BCUT2D eigenvalue weighted by atomic mass is 9.93. The number of fused-ring (bicyclic) bond motifs is 2. The lowest BCUT2D eigenvalue weighted by Gasteiger charge is -2.37. The number of nitrogens with zero attached hydrogens (tertiary/aromatic N) is 5. The minimum atomic E-state index is -0.427. The van der Waals surface area contributed by atoms with E-state index in [1.165, 1.54) is 10.6 Å². The molecule has 4 aromatic rings. The average Bonchev–Trinajstić information content (AvgIpc) is 3.27. The molecule has 34 heavy (non-hydrogen) atoms. The van der Waals surface area contributed by atoms with Crippen LogP contribution in [0.1, 0.15) is 43.4 Å². The maximum Gasteiger partial charge on any atom is 0.291 e. The minimum absolute atomic E-state index is 0.0273. The lowest BCUT2D eigenvalue weighted by molar-refractivity contribution is 0.0627. The standard InChI is InChI=1S/C25H24N6O3/c1-15-9-19(12-21(32)10-15)24(34)30-14-18-6-4-3-5-17(18)11-20(30)13-27-23(33)22-28-25-26-8-7-16(2)31(25)29-22/h3-10,12,20,32H,11,13-14H2,1-2H3,(H,27,33). The monoisotopic (exact) mass is 456 g/mol. The zero-order valence-corrected chi connectivity index (χ0v) is 18.9. The molecule has 9 heteroatoms. The Bertz CT molecular complexity index is 1390. The number of carbonyl (C=O) groups excluding carboxylic acids is 2. The topological polar surface area (TPSA) is 113 Å². The first kappa shape index (κ1) is 21.6. The number of hydrogen-bond acceptors (Lipinski definition) is 6. The number of carbonyl (C=O) groups is 2. The van der Waals surface area contributed by atoms with E-state index >= 15 is 0 Å². The number of rotatable bonds is 4. The maximum absolute atomic E-state index is 13.5. The highest BCUT2D eigenvalue weighted by Crippen LogP contribution is 2.26. The summed E-state index contributed by atoms with van der Waals surface area (Å²) in [5, 5.41) is 17.1. The van der Waals surface area contributed by atoms with Crippen molar-refractivity contribution in [1.82, 2.24) is 29.8 Å². The summed E-state index contributed by atoms with van der Waals surface area (Å²) < 4.78 is 1.52. The van der Waals surface area contributed by atoms with Crippen molar-refractivity contribution in [3.63, 3.8) is 0 Å². The summed E-state index contributed by atoms with van der Waals surface area (Å²) in [7, 11) is 0. The predicted molar refractivity (Wildman–Crippen MR) is 125 cm³/mol. The maximum atomic E-state index is 13.5.